The van der Waals surface area contributed by atoms with E-state index in [0.717, 1.165) is 19.3 Å². The average Bonchev–Trinajstić information content (AvgIpc) is 2.34. The number of ether oxygens (including phenoxy) is 1. The molecule has 0 aromatic carbocycles. The van der Waals surface area contributed by atoms with Crippen LogP contribution in [0.25, 0.3) is 0 Å². The first-order valence-corrected chi connectivity index (χ1v) is 6.81. The maximum Gasteiger partial charge on any atom is 0.320 e. The van der Waals surface area contributed by atoms with E-state index in [0.29, 0.717) is 25.7 Å². The summed E-state index contributed by atoms with van der Waals surface area (Å²) in [5.74, 6) is -0.760. The van der Waals surface area contributed by atoms with Crippen LogP contribution < -0.4 is 5.32 Å². The Morgan fingerprint density at radius 2 is 2.12 bits per heavy atom. The monoisotopic (exact) mass is 243 g/mol. The van der Waals surface area contributed by atoms with Gasteiger partial charge in [-0.25, -0.2) is 0 Å². The van der Waals surface area contributed by atoms with Gasteiger partial charge >= 0.3 is 5.97 Å². The van der Waals surface area contributed by atoms with E-state index >= 15 is 0 Å². The van der Waals surface area contributed by atoms with Crippen molar-refractivity contribution in [3.05, 3.63) is 0 Å². The predicted octanol–water partition coefficient (Wildman–Crippen LogP) is 2.18. The van der Waals surface area contributed by atoms with E-state index < -0.39 is 12.0 Å². The van der Waals surface area contributed by atoms with Crippen LogP contribution in [0.15, 0.2) is 0 Å². The highest BCUT2D eigenvalue weighted by Gasteiger charge is 2.16. The van der Waals surface area contributed by atoms with Crippen LogP contribution in [0.3, 0.4) is 0 Å². The molecule has 4 heteroatoms. The molecule has 1 fully saturated rings. The van der Waals surface area contributed by atoms with Crippen LogP contribution in [0.4, 0.5) is 0 Å². The Morgan fingerprint density at radius 3 is 2.71 bits per heavy atom. The largest absolute Gasteiger partial charge is 0.480 e. The highest BCUT2D eigenvalue weighted by atomic mass is 16.5. The van der Waals surface area contributed by atoms with Gasteiger partial charge < -0.3 is 15.2 Å². The molecule has 1 unspecified atom stereocenters. The Bertz CT molecular complexity index is 215. The summed E-state index contributed by atoms with van der Waals surface area (Å²) < 4.78 is 5.74. The molecule has 0 aromatic rings. The number of carbonyl (C=O) groups is 1. The number of rotatable bonds is 8. The van der Waals surface area contributed by atoms with Crippen LogP contribution >= 0.6 is 0 Å². The molecule has 0 spiro atoms. The summed E-state index contributed by atoms with van der Waals surface area (Å²) in [6.07, 6.45) is 8.16. The quantitative estimate of drug-likeness (QED) is 0.641. The first kappa shape index (κ1) is 14.5. The lowest BCUT2D eigenvalue weighted by molar-refractivity contribution is -0.139. The molecule has 1 rings (SSSR count). The number of hydrogen-bond acceptors (Lipinski definition) is 3. The van der Waals surface area contributed by atoms with Crippen LogP contribution in [0.5, 0.6) is 0 Å². The topological polar surface area (TPSA) is 58.6 Å². The number of carboxylic acids is 1. The van der Waals surface area contributed by atoms with Gasteiger partial charge in [0.25, 0.3) is 0 Å². The molecule has 1 aliphatic rings. The fourth-order valence-corrected chi connectivity index (χ4v) is 2.29. The molecule has 4 nitrogen and oxygen atoms in total. The van der Waals surface area contributed by atoms with E-state index in [1.54, 1.807) is 0 Å². The normalized spacial score (nSPS) is 19.1. The van der Waals surface area contributed by atoms with Crippen molar-refractivity contribution in [1.82, 2.24) is 5.32 Å². The molecule has 1 atom stereocenters. The number of carboxylic acid groups (broad SMARTS) is 1. The SMILES string of the molecule is CCCC(NCCOC1CCCCC1)C(=O)O. The molecule has 0 radical (unpaired) electrons. The summed E-state index contributed by atoms with van der Waals surface area (Å²) in [5, 5.41) is 12.0. The maximum atomic E-state index is 10.9. The van der Waals surface area contributed by atoms with Gasteiger partial charge in [-0.15, -0.1) is 0 Å². The van der Waals surface area contributed by atoms with Crippen LogP contribution in [-0.4, -0.2) is 36.4 Å². The number of nitrogens with one attached hydrogen (secondary N) is 1. The molecular weight excluding hydrogens is 218 g/mol. The lowest BCUT2D eigenvalue weighted by atomic mass is 9.98. The summed E-state index contributed by atoms with van der Waals surface area (Å²) >= 11 is 0. The Hall–Kier alpha value is -0.610. The number of aliphatic carboxylic acids is 1. The predicted molar refractivity (Wildman–Crippen MR) is 67.2 cm³/mol. The van der Waals surface area contributed by atoms with Crippen molar-refractivity contribution in [2.24, 2.45) is 0 Å². The van der Waals surface area contributed by atoms with E-state index in [2.05, 4.69) is 5.32 Å². The van der Waals surface area contributed by atoms with Crippen molar-refractivity contribution in [3.8, 4) is 0 Å². The van der Waals surface area contributed by atoms with Gasteiger partial charge in [0.15, 0.2) is 0 Å². The van der Waals surface area contributed by atoms with Crippen LogP contribution in [-0.2, 0) is 9.53 Å². The van der Waals surface area contributed by atoms with Crippen molar-refractivity contribution in [1.29, 1.82) is 0 Å². The van der Waals surface area contributed by atoms with E-state index in [1.165, 1.54) is 19.3 Å². The minimum absolute atomic E-state index is 0.403. The molecule has 0 amide bonds. The Morgan fingerprint density at radius 1 is 1.41 bits per heavy atom. The van der Waals surface area contributed by atoms with Gasteiger partial charge in [-0.2, -0.15) is 0 Å². The highest BCUT2D eigenvalue weighted by molar-refractivity contribution is 5.73. The van der Waals surface area contributed by atoms with Crippen molar-refractivity contribution < 1.29 is 14.6 Å². The highest BCUT2D eigenvalue weighted by Crippen LogP contribution is 2.19. The van der Waals surface area contributed by atoms with Gasteiger partial charge in [0.2, 0.25) is 0 Å². The standard InChI is InChI=1S/C13H25NO3/c1-2-6-12(13(15)16)14-9-10-17-11-7-4-3-5-8-11/h11-12,14H,2-10H2,1H3,(H,15,16). The molecular formula is C13H25NO3. The van der Waals surface area contributed by atoms with Crippen molar-refractivity contribution in [2.45, 2.75) is 64.0 Å². The minimum atomic E-state index is -0.760. The number of hydrogen-bond donors (Lipinski definition) is 2. The van der Waals surface area contributed by atoms with E-state index in [4.69, 9.17) is 9.84 Å². The summed E-state index contributed by atoms with van der Waals surface area (Å²) in [5.41, 5.74) is 0. The van der Waals surface area contributed by atoms with Gasteiger partial charge in [-0.3, -0.25) is 4.79 Å². The van der Waals surface area contributed by atoms with Gasteiger partial charge in [0, 0.05) is 6.54 Å². The summed E-state index contributed by atoms with van der Waals surface area (Å²) in [6.45, 7) is 3.25. The Balaban J connectivity index is 2.06. The van der Waals surface area contributed by atoms with Gasteiger partial charge in [-0.05, 0) is 19.3 Å². The second-order valence-corrected chi connectivity index (χ2v) is 4.76. The molecule has 1 aliphatic carbocycles. The van der Waals surface area contributed by atoms with E-state index in [9.17, 15) is 4.79 Å². The summed E-state index contributed by atoms with van der Waals surface area (Å²) in [4.78, 5) is 10.9. The van der Waals surface area contributed by atoms with Crippen LogP contribution in [0.1, 0.15) is 51.9 Å². The molecule has 2 N–H and O–H groups in total. The van der Waals surface area contributed by atoms with Gasteiger partial charge in [0.1, 0.15) is 6.04 Å². The van der Waals surface area contributed by atoms with Crippen LogP contribution in [0, 0.1) is 0 Å². The van der Waals surface area contributed by atoms with E-state index in [1.807, 2.05) is 6.92 Å². The Kier molecular flexibility index (Phi) is 7.21. The maximum absolute atomic E-state index is 10.9. The third-order valence-electron chi connectivity index (χ3n) is 3.27. The molecule has 17 heavy (non-hydrogen) atoms. The fourth-order valence-electron chi connectivity index (χ4n) is 2.29. The van der Waals surface area contributed by atoms with Crippen molar-refractivity contribution >= 4 is 5.97 Å². The molecule has 1 saturated carbocycles. The van der Waals surface area contributed by atoms with Gasteiger partial charge in [-0.1, -0.05) is 32.6 Å². The molecule has 100 valence electrons. The second-order valence-electron chi connectivity index (χ2n) is 4.76. The van der Waals surface area contributed by atoms with Crippen molar-refractivity contribution in [2.75, 3.05) is 13.2 Å². The molecule has 0 heterocycles. The third-order valence-corrected chi connectivity index (χ3v) is 3.27. The molecule has 0 aromatic heterocycles. The first-order valence-electron chi connectivity index (χ1n) is 6.81. The first-order chi connectivity index (χ1) is 8.24. The van der Waals surface area contributed by atoms with Crippen LogP contribution in [0.2, 0.25) is 0 Å². The molecule has 0 saturated heterocycles. The van der Waals surface area contributed by atoms with Crippen molar-refractivity contribution in [3.63, 3.8) is 0 Å². The fraction of sp³-hybridized carbons (Fsp3) is 0.923. The lowest BCUT2D eigenvalue weighted by Crippen LogP contribution is -2.38. The third kappa shape index (κ3) is 6.03. The van der Waals surface area contributed by atoms with E-state index in [-0.39, 0.29) is 0 Å². The summed E-state index contributed by atoms with van der Waals surface area (Å²) in [6, 6.07) is -0.421. The zero-order chi connectivity index (χ0) is 12.5. The van der Waals surface area contributed by atoms with Gasteiger partial charge in [0.05, 0.1) is 12.7 Å². The second kappa shape index (κ2) is 8.48. The Labute approximate surface area is 104 Å². The summed E-state index contributed by atoms with van der Waals surface area (Å²) in [7, 11) is 0. The average molecular weight is 243 g/mol. The molecule has 0 aliphatic heterocycles. The molecule has 0 bridgehead atoms. The lowest BCUT2D eigenvalue weighted by Gasteiger charge is -2.22. The minimum Gasteiger partial charge on any atom is -0.480 e. The zero-order valence-electron chi connectivity index (χ0n) is 10.8. The zero-order valence-corrected chi connectivity index (χ0v) is 10.8. The smallest absolute Gasteiger partial charge is 0.320 e.